The molecule has 0 spiro atoms. The molecule has 5 heterocycles. The van der Waals surface area contributed by atoms with Crippen LogP contribution in [-0.2, 0) is 23.7 Å². The van der Waals surface area contributed by atoms with Gasteiger partial charge in [0.1, 0.15) is 30.3 Å². The van der Waals surface area contributed by atoms with Crippen LogP contribution in [0.5, 0.6) is 11.5 Å². The maximum Gasteiger partial charge on any atom is 0.340 e. The summed E-state index contributed by atoms with van der Waals surface area (Å²) in [5.74, 6) is -3.06. The zero-order valence-electron chi connectivity index (χ0n) is 26.0. The van der Waals surface area contributed by atoms with E-state index in [1.165, 1.54) is 70.1 Å². The van der Waals surface area contributed by atoms with Crippen LogP contribution in [0.25, 0.3) is 0 Å². The van der Waals surface area contributed by atoms with Crippen LogP contribution in [-0.4, -0.2) is 86.4 Å². The van der Waals surface area contributed by atoms with Gasteiger partial charge in [-0.05, 0) is 69.3 Å². The van der Waals surface area contributed by atoms with Gasteiger partial charge in [-0.2, -0.15) is 0 Å². The van der Waals surface area contributed by atoms with E-state index in [1.807, 2.05) is 0 Å². The first-order valence-corrected chi connectivity index (χ1v) is 14.5. The van der Waals surface area contributed by atoms with Crippen molar-refractivity contribution in [2.75, 3.05) is 26.8 Å². The molecule has 0 aliphatic carbocycles. The van der Waals surface area contributed by atoms with Crippen molar-refractivity contribution < 1.29 is 47.9 Å². The second-order valence-electron chi connectivity index (χ2n) is 11.0. The molecule has 0 saturated carbocycles. The van der Waals surface area contributed by atoms with E-state index in [2.05, 4.69) is 19.9 Å². The molecule has 0 radical (unpaired) electrons. The standard InChI is InChI=1S/C33H34N4O10/c1-30(20-42-28(38)24-8-4-12-34-16-24)31(2,46-29(39)25-9-5-13-35-17-25)32(3,45-23-44-27-11-7-15-37-19-27)33(40,47-30)21-41-22-43-26-10-6-14-36-18-26/h4-19,40H,20-23H2,1-3H3/t30-,31+,32+,33-/m1/s1. The minimum atomic E-state index is -2.34. The number of ether oxygens (including phenoxy) is 7. The van der Waals surface area contributed by atoms with Crippen molar-refractivity contribution in [2.24, 2.45) is 0 Å². The Morgan fingerprint density at radius 2 is 1.23 bits per heavy atom. The molecule has 0 unspecified atom stereocenters. The lowest BCUT2D eigenvalue weighted by Crippen LogP contribution is -2.67. The van der Waals surface area contributed by atoms with Gasteiger partial charge in [0.25, 0.3) is 0 Å². The molecule has 0 aromatic carbocycles. The lowest BCUT2D eigenvalue weighted by molar-refractivity contribution is -0.317. The Balaban J connectivity index is 1.47. The molecule has 1 saturated heterocycles. The summed E-state index contributed by atoms with van der Waals surface area (Å²) < 4.78 is 41.5. The number of carbonyl (C=O) groups excluding carboxylic acids is 2. The molecule has 47 heavy (non-hydrogen) atoms. The van der Waals surface area contributed by atoms with E-state index in [0.717, 1.165) is 0 Å². The molecule has 0 bridgehead atoms. The van der Waals surface area contributed by atoms with Crippen molar-refractivity contribution in [1.82, 2.24) is 19.9 Å². The summed E-state index contributed by atoms with van der Waals surface area (Å²) in [5.41, 5.74) is -5.27. The number of rotatable bonds is 14. The molecule has 0 amide bonds. The molecule has 1 fully saturated rings. The number of hydrogen-bond donors (Lipinski definition) is 1. The highest BCUT2D eigenvalue weighted by Crippen LogP contribution is 2.56. The molecule has 14 heteroatoms. The number of hydrogen-bond acceptors (Lipinski definition) is 14. The summed E-state index contributed by atoms with van der Waals surface area (Å²) in [6, 6.07) is 12.9. The molecular weight excluding hydrogens is 612 g/mol. The van der Waals surface area contributed by atoms with E-state index >= 15 is 0 Å². The van der Waals surface area contributed by atoms with Gasteiger partial charge in [0.2, 0.25) is 5.79 Å². The van der Waals surface area contributed by atoms with Crippen LogP contribution in [0.1, 0.15) is 41.5 Å². The summed E-state index contributed by atoms with van der Waals surface area (Å²) in [4.78, 5) is 42.6. The third-order valence-electron chi connectivity index (χ3n) is 8.08. The van der Waals surface area contributed by atoms with E-state index in [1.54, 1.807) is 48.8 Å². The smallest absolute Gasteiger partial charge is 0.340 e. The predicted octanol–water partition coefficient (Wildman–Crippen LogP) is 3.38. The Morgan fingerprint density at radius 3 is 1.77 bits per heavy atom. The Bertz CT molecular complexity index is 1620. The molecule has 246 valence electrons. The second-order valence-corrected chi connectivity index (χ2v) is 11.0. The van der Waals surface area contributed by atoms with E-state index in [0.29, 0.717) is 11.5 Å². The highest BCUT2D eigenvalue weighted by atomic mass is 16.8. The molecule has 1 aliphatic heterocycles. The van der Waals surface area contributed by atoms with Crippen LogP contribution in [0.4, 0.5) is 0 Å². The van der Waals surface area contributed by atoms with E-state index in [9.17, 15) is 14.7 Å². The molecule has 14 nitrogen and oxygen atoms in total. The van der Waals surface area contributed by atoms with Gasteiger partial charge in [-0.15, -0.1) is 0 Å². The lowest BCUT2D eigenvalue weighted by atomic mass is 9.73. The summed E-state index contributed by atoms with van der Waals surface area (Å²) >= 11 is 0. The molecular formula is C33H34N4O10. The first-order chi connectivity index (χ1) is 22.6. The fourth-order valence-corrected chi connectivity index (χ4v) is 5.10. The number of nitrogens with zero attached hydrogens (tertiary/aromatic N) is 4. The van der Waals surface area contributed by atoms with Gasteiger partial charge in [-0.25, -0.2) is 9.59 Å². The van der Waals surface area contributed by atoms with Gasteiger partial charge in [0.15, 0.2) is 24.8 Å². The normalized spacial score (nSPS) is 25.1. The molecule has 4 aromatic rings. The van der Waals surface area contributed by atoms with Gasteiger partial charge >= 0.3 is 11.9 Å². The maximum absolute atomic E-state index is 13.6. The van der Waals surface area contributed by atoms with Gasteiger partial charge in [-0.1, -0.05) is 0 Å². The van der Waals surface area contributed by atoms with Gasteiger partial charge in [0.05, 0.1) is 23.5 Å². The van der Waals surface area contributed by atoms with Crippen molar-refractivity contribution >= 4 is 11.9 Å². The van der Waals surface area contributed by atoms with Crippen LogP contribution < -0.4 is 9.47 Å². The van der Waals surface area contributed by atoms with Crippen molar-refractivity contribution in [3.05, 3.63) is 109 Å². The third-order valence-corrected chi connectivity index (χ3v) is 8.08. The third kappa shape index (κ3) is 7.05. The zero-order valence-corrected chi connectivity index (χ0v) is 26.0. The van der Waals surface area contributed by atoms with Crippen molar-refractivity contribution in [3.63, 3.8) is 0 Å². The molecule has 1 aliphatic rings. The fraction of sp³-hybridized carbons (Fsp3) is 0.333. The van der Waals surface area contributed by atoms with E-state index < -0.39 is 54.5 Å². The zero-order chi connectivity index (χ0) is 33.4. The number of esters is 2. The highest BCUT2D eigenvalue weighted by molar-refractivity contribution is 5.90. The Labute approximate surface area is 270 Å². The summed E-state index contributed by atoms with van der Waals surface area (Å²) in [6.45, 7) is 2.73. The van der Waals surface area contributed by atoms with Gasteiger partial charge in [0, 0.05) is 37.2 Å². The van der Waals surface area contributed by atoms with E-state index in [4.69, 9.17) is 33.2 Å². The minimum Gasteiger partial charge on any atom is -0.466 e. The lowest BCUT2D eigenvalue weighted by Gasteiger charge is -2.46. The first-order valence-electron chi connectivity index (χ1n) is 14.5. The molecule has 5 rings (SSSR count). The van der Waals surface area contributed by atoms with Crippen molar-refractivity contribution in [2.45, 2.75) is 43.4 Å². The summed E-state index contributed by atoms with van der Waals surface area (Å²) in [7, 11) is 0. The quantitative estimate of drug-likeness (QED) is 0.120. The number of aromatic nitrogens is 4. The van der Waals surface area contributed by atoms with E-state index in [-0.39, 0.29) is 17.9 Å². The van der Waals surface area contributed by atoms with Crippen LogP contribution in [0.15, 0.2) is 98.1 Å². The molecule has 1 N–H and O–H groups in total. The molecule has 4 aromatic heterocycles. The Morgan fingerprint density at radius 1 is 0.702 bits per heavy atom. The highest BCUT2D eigenvalue weighted by Gasteiger charge is 2.78. The number of pyridine rings is 4. The second kappa shape index (κ2) is 14.2. The topological polar surface area (TPSA) is 171 Å². The van der Waals surface area contributed by atoms with Gasteiger partial charge in [-0.3, -0.25) is 19.9 Å². The largest absolute Gasteiger partial charge is 0.466 e. The van der Waals surface area contributed by atoms with Crippen LogP contribution in [0.2, 0.25) is 0 Å². The average Bonchev–Trinajstić information content (AvgIpc) is 3.22. The van der Waals surface area contributed by atoms with Crippen molar-refractivity contribution in [3.8, 4) is 11.5 Å². The Hall–Kier alpha value is -5.02. The monoisotopic (exact) mass is 646 g/mol. The van der Waals surface area contributed by atoms with Gasteiger partial charge < -0.3 is 38.3 Å². The van der Waals surface area contributed by atoms with Crippen LogP contribution in [0, 0.1) is 0 Å². The average molecular weight is 647 g/mol. The fourth-order valence-electron chi connectivity index (χ4n) is 5.10. The van der Waals surface area contributed by atoms with Crippen LogP contribution in [0.3, 0.4) is 0 Å². The summed E-state index contributed by atoms with van der Waals surface area (Å²) in [5, 5.41) is 12.3. The predicted molar refractivity (Wildman–Crippen MR) is 162 cm³/mol. The minimum absolute atomic E-state index is 0.119. The summed E-state index contributed by atoms with van der Waals surface area (Å²) in [6.07, 6.45) is 11.8. The maximum atomic E-state index is 13.6. The SMILES string of the molecule is C[C@]1(OCOc2cccnc2)[C@@](C)(OC(=O)c2cccnc2)[C@@](C)(COC(=O)c2cccnc2)O[C@]1(O)COCOc1cccnc1. The molecule has 4 atom stereocenters. The number of aliphatic hydroxyl groups is 1. The Kier molecular flexibility index (Phi) is 10.1. The number of carbonyl (C=O) groups is 2. The van der Waals surface area contributed by atoms with Crippen molar-refractivity contribution in [1.29, 1.82) is 0 Å². The van der Waals surface area contributed by atoms with Crippen LogP contribution >= 0.6 is 0 Å². The first kappa shape index (κ1) is 33.3.